The molecule has 2 N–H and O–H groups in total. The van der Waals surface area contributed by atoms with E-state index in [0.717, 1.165) is 30.5 Å². The number of hydrogen-bond donors (Lipinski definition) is 2. The van der Waals surface area contributed by atoms with Gasteiger partial charge in [0.05, 0.1) is 26.4 Å². The quantitative estimate of drug-likeness (QED) is 0.151. The van der Waals surface area contributed by atoms with E-state index in [1.807, 2.05) is 91.0 Å². The van der Waals surface area contributed by atoms with Gasteiger partial charge in [0.25, 0.3) is 0 Å². The summed E-state index contributed by atoms with van der Waals surface area (Å²) in [4.78, 5) is 48.9. The maximum absolute atomic E-state index is 12.5. The van der Waals surface area contributed by atoms with Gasteiger partial charge in [-0.3, -0.25) is 19.2 Å². The number of rotatable bonds is 17. The van der Waals surface area contributed by atoms with Gasteiger partial charge in [-0.05, 0) is 16.7 Å². The van der Waals surface area contributed by atoms with Crippen molar-refractivity contribution >= 4 is 23.8 Å². The van der Waals surface area contributed by atoms with E-state index < -0.39 is 91.8 Å². The Morgan fingerprint density at radius 3 is 1.50 bits per heavy atom. The number of esters is 3. The van der Waals surface area contributed by atoms with Crippen LogP contribution in [0.3, 0.4) is 0 Å². The Kier molecular flexibility index (Phi) is 15.9. The molecule has 1 amide bonds. The van der Waals surface area contributed by atoms with Crippen molar-refractivity contribution in [2.45, 2.75) is 109 Å². The van der Waals surface area contributed by atoms with Crippen LogP contribution in [0, 0.1) is 0 Å². The zero-order valence-electron chi connectivity index (χ0n) is 31.7. The molecule has 302 valence electrons. The van der Waals surface area contributed by atoms with Gasteiger partial charge in [0.2, 0.25) is 5.91 Å². The predicted octanol–water partition coefficient (Wildman–Crippen LogP) is 3.13. The maximum Gasteiger partial charge on any atom is 0.303 e. The van der Waals surface area contributed by atoms with Crippen LogP contribution in [-0.2, 0) is 81.6 Å². The van der Waals surface area contributed by atoms with Crippen LogP contribution in [0.4, 0.5) is 0 Å². The number of carbonyl (C=O) groups is 4. The molecular formula is C41H49NO14. The third-order valence-electron chi connectivity index (χ3n) is 8.96. The Labute approximate surface area is 325 Å². The third-order valence-corrected chi connectivity index (χ3v) is 8.96. The molecule has 3 aromatic carbocycles. The smallest absolute Gasteiger partial charge is 0.303 e. The van der Waals surface area contributed by atoms with Crippen LogP contribution in [-0.4, -0.2) is 103 Å². The highest BCUT2D eigenvalue weighted by molar-refractivity contribution is 5.73. The molecule has 2 heterocycles. The van der Waals surface area contributed by atoms with Crippen LogP contribution in [0.25, 0.3) is 0 Å². The first kappa shape index (κ1) is 42.4. The topological polar surface area (TPSA) is 184 Å². The van der Waals surface area contributed by atoms with E-state index in [2.05, 4.69) is 5.32 Å². The predicted molar refractivity (Wildman–Crippen MR) is 196 cm³/mol. The lowest BCUT2D eigenvalue weighted by Crippen LogP contribution is -2.67. The summed E-state index contributed by atoms with van der Waals surface area (Å²) in [7, 11) is 0. The maximum atomic E-state index is 12.5. The lowest BCUT2D eigenvalue weighted by Gasteiger charge is -2.47. The van der Waals surface area contributed by atoms with Gasteiger partial charge < -0.3 is 53.1 Å². The number of aliphatic hydroxyl groups excluding tert-OH is 1. The van der Waals surface area contributed by atoms with Crippen molar-refractivity contribution in [3.8, 4) is 0 Å². The summed E-state index contributed by atoms with van der Waals surface area (Å²) in [6.45, 7) is 4.43. The van der Waals surface area contributed by atoms with E-state index in [4.69, 9.17) is 42.6 Å². The minimum absolute atomic E-state index is 0.134. The lowest BCUT2D eigenvalue weighted by molar-refractivity contribution is -0.330. The molecule has 0 bridgehead atoms. The molecule has 0 aromatic heterocycles. The molecule has 0 aliphatic carbocycles. The van der Waals surface area contributed by atoms with Gasteiger partial charge in [0, 0.05) is 27.7 Å². The van der Waals surface area contributed by atoms with Gasteiger partial charge in [-0.1, -0.05) is 91.0 Å². The Hall–Kier alpha value is -4.74. The highest BCUT2D eigenvalue weighted by atomic mass is 16.7. The SMILES string of the molecule is CC(=O)N[C@H]1[C@H](OC[C@H]2O[C@H](O)[C@H](OCc3ccccc3)[C@@H](OCc3ccccc3)[C@H]2OCc2ccccc2)O[C@H](COC(C)=O)[C@@H](OC(C)=O)[C@@H]1OC(C)=O. The minimum Gasteiger partial charge on any atom is -0.463 e. The largest absolute Gasteiger partial charge is 0.463 e. The van der Waals surface area contributed by atoms with Crippen molar-refractivity contribution in [1.82, 2.24) is 5.32 Å². The summed E-state index contributed by atoms with van der Waals surface area (Å²) < 4.78 is 54.4. The highest BCUT2D eigenvalue weighted by Crippen LogP contribution is 2.32. The molecule has 3 aromatic rings. The van der Waals surface area contributed by atoms with Gasteiger partial charge in [0.15, 0.2) is 24.8 Å². The highest BCUT2D eigenvalue weighted by Gasteiger charge is 2.53. The second-order valence-electron chi connectivity index (χ2n) is 13.4. The van der Waals surface area contributed by atoms with E-state index in [1.54, 1.807) is 0 Å². The number of hydrogen-bond acceptors (Lipinski definition) is 14. The van der Waals surface area contributed by atoms with Crippen LogP contribution in [0.5, 0.6) is 0 Å². The zero-order chi connectivity index (χ0) is 40.0. The fraction of sp³-hybridized carbons (Fsp3) is 0.463. The molecule has 2 aliphatic rings. The van der Waals surface area contributed by atoms with E-state index in [1.165, 1.54) is 13.8 Å². The lowest BCUT2D eigenvalue weighted by atomic mass is 9.95. The zero-order valence-corrected chi connectivity index (χ0v) is 31.7. The number of aliphatic hydroxyl groups is 1. The molecule has 56 heavy (non-hydrogen) atoms. The first-order valence-corrected chi connectivity index (χ1v) is 18.3. The summed E-state index contributed by atoms with van der Waals surface area (Å²) in [5.74, 6) is -2.67. The van der Waals surface area contributed by atoms with E-state index >= 15 is 0 Å². The summed E-state index contributed by atoms with van der Waals surface area (Å²) in [5.41, 5.74) is 2.60. The molecule has 0 saturated carbocycles. The molecule has 0 unspecified atom stereocenters. The van der Waals surface area contributed by atoms with E-state index in [0.29, 0.717) is 0 Å². The van der Waals surface area contributed by atoms with Crippen LogP contribution in [0.2, 0.25) is 0 Å². The first-order valence-electron chi connectivity index (χ1n) is 18.3. The van der Waals surface area contributed by atoms with Crippen molar-refractivity contribution in [2.24, 2.45) is 0 Å². The summed E-state index contributed by atoms with van der Waals surface area (Å²) in [6, 6.07) is 27.2. The Bertz CT molecular complexity index is 1700. The third kappa shape index (κ3) is 12.4. The molecule has 2 fully saturated rings. The fourth-order valence-corrected chi connectivity index (χ4v) is 6.52. The van der Waals surface area contributed by atoms with Gasteiger partial charge in [0.1, 0.15) is 43.2 Å². The summed E-state index contributed by atoms with van der Waals surface area (Å²) >= 11 is 0. The molecule has 0 spiro atoms. The van der Waals surface area contributed by atoms with Crippen molar-refractivity contribution in [2.75, 3.05) is 13.2 Å². The second-order valence-corrected chi connectivity index (χ2v) is 13.4. The molecular weight excluding hydrogens is 730 g/mol. The fourth-order valence-electron chi connectivity index (χ4n) is 6.52. The van der Waals surface area contributed by atoms with Crippen LogP contribution < -0.4 is 5.32 Å². The van der Waals surface area contributed by atoms with Crippen molar-refractivity contribution in [1.29, 1.82) is 0 Å². The van der Waals surface area contributed by atoms with Gasteiger partial charge in [-0.25, -0.2) is 0 Å². The normalized spacial score (nSPS) is 27.4. The number of amides is 1. The van der Waals surface area contributed by atoms with Crippen molar-refractivity contribution in [3.05, 3.63) is 108 Å². The minimum atomic E-state index is -1.51. The Morgan fingerprint density at radius 2 is 1.02 bits per heavy atom. The molecule has 15 nitrogen and oxygen atoms in total. The van der Waals surface area contributed by atoms with Crippen molar-refractivity contribution in [3.63, 3.8) is 0 Å². The molecule has 2 saturated heterocycles. The first-order chi connectivity index (χ1) is 27.0. The van der Waals surface area contributed by atoms with Crippen LogP contribution in [0.1, 0.15) is 44.4 Å². The average Bonchev–Trinajstić information content (AvgIpc) is 3.17. The van der Waals surface area contributed by atoms with Crippen LogP contribution in [0.15, 0.2) is 91.0 Å². The molecule has 10 atom stereocenters. The van der Waals surface area contributed by atoms with Crippen molar-refractivity contribution < 1.29 is 66.9 Å². The number of ether oxygens (including phenoxy) is 9. The number of nitrogens with one attached hydrogen (secondary N) is 1. The van der Waals surface area contributed by atoms with Gasteiger partial charge in [-0.2, -0.15) is 0 Å². The monoisotopic (exact) mass is 779 g/mol. The second kappa shape index (κ2) is 21.0. The number of benzene rings is 3. The van der Waals surface area contributed by atoms with Crippen LogP contribution >= 0.6 is 0 Å². The Morgan fingerprint density at radius 1 is 0.554 bits per heavy atom. The summed E-state index contributed by atoms with van der Waals surface area (Å²) in [6.07, 6.45) is -10.6. The van der Waals surface area contributed by atoms with Gasteiger partial charge >= 0.3 is 17.9 Å². The van der Waals surface area contributed by atoms with E-state index in [9.17, 15) is 24.3 Å². The molecule has 15 heteroatoms. The average molecular weight is 780 g/mol. The van der Waals surface area contributed by atoms with E-state index in [-0.39, 0.29) is 26.4 Å². The molecule has 2 aliphatic heterocycles. The standard InChI is InChI=1S/C41H49NO14/c1-25(43)42-34-37(54-28(4)46)36(53-27(3)45)33(23-48-26(2)44)56-41(34)52-24-32-35(49-20-29-14-8-5-9-15-29)38(50-21-30-16-10-6-11-17-30)39(40(47)55-32)51-22-31-18-12-7-13-19-31/h5-19,32-41,47H,20-24H2,1-4H3,(H,42,43)/t32-,33-,34-,35+,36-,37-,38+,39-,40+,41-/m1/s1. The molecule has 5 rings (SSSR count). The summed E-state index contributed by atoms with van der Waals surface area (Å²) in [5, 5.41) is 14.2. The Balaban J connectivity index is 1.46. The number of carbonyl (C=O) groups excluding carboxylic acids is 4. The van der Waals surface area contributed by atoms with Gasteiger partial charge in [-0.15, -0.1) is 0 Å². The molecule has 0 radical (unpaired) electrons.